The number of carbonyl (C=O) groups is 1. The fourth-order valence-electron chi connectivity index (χ4n) is 2.11. The predicted octanol–water partition coefficient (Wildman–Crippen LogP) is 2.69. The second-order valence-corrected chi connectivity index (χ2v) is 5.40. The van der Waals surface area contributed by atoms with Crippen LogP contribution in [0.4, 0.5) is 18.9 Å². The van der Waals surface area contributed by atoms with Crippen LogP contribution < -0.4 is 5.32 Å². The lowest BCUT2D eigenvalue weighted by Gasteiger charge is -2.12. The van der Waals surface area contributed by atoms with Crippen LogP contribution in [0, 0.1) is 6.92 Å². The van der Waals surface area contributed by atoms with E-state index >= 15 is 0 Å². The van der Waals surface area contributed by atoms with Crippen LogP contribution in [0.2, 0.25) is 5.15 Å². The molecule has 3 heterocycles. The maximum Gasteiger partial charge on any atom is 0.434 e. The van der Waals surface area contributed by atoms with Crippen LogP contribution in [0.1, 0.15) is 21.7 Å². The molecule has 12 heteroatoms. The second-order valence-electron chi connectivity index (χ2n) is 5.02. The Morgan fingerprint density at radius 3 is 2.58 bits per heavy atom. The van der Waals surface area contributed by atoms with Crippen LogP contribution in [-0.2, 0) is 6.18 Å². The SMILES string of the molecule is Cc1nnccc1NC(=O)c1cnn(-c2ccc(Cl)nn2)c1C(F)(F)F. The summed E-state index contributed by atoms with van der Waals surface area (Å²) in [7, 11) is 0. The lowest BCUT2D eigenvalue weighted by atomic mass is 10.2. The summed E-state index contributed by atoms with van der Waals surface area (Å²) in [5.74, 6) is -1.23. The number of amides is 1. The van der Waals surface area contributed by atoms with Crippen molar-refractivity contribution in [3.8, 4) is 5.82 Å². The molecule has 134 valence electrons. The Balaban J connectivity index is 2.04. The van der Waals surface area contributed by atoms with Crippen molar-refractivity contribution in [2.45, 2.75) is 13.1 Å². The van der Waals surface area contributed by atoms with Gasteiger partial charge in [-0.2, -0.15) is 28.5 Å². The summed E-state index contributed by atoms with van der Waals surface area (Å²) in [6, 6.07) is 3.89. The Hall–Kier alpha value is -3.08. The number of rotatable bonds is 3. The number of nitrogens with one attached hydrogen (secondary N) is 1. The van der Waals surface area contributed by atoms with Crippen molar-refractivity contribution in [3.05, 3.63) is 52.7 Å². The average molecular weight is 384 g/mol. The summed E-state index contributed by atoms with van der Waals surface area (Å²) in [4.78, 5) is 12.4. The van der Waals surface area contributed by atoms with E-state index in [-0.39, 0.29) is 16.7 Å². The van der Waals surface area contributed by atoms with Gasteiger partial charge in [0.1, 0.15) is 0 Å². The highest BCUT2D eigenvalue weighted by Crippen LogP contribution is 2.33. The number of nitrogens with zero attached hydrogens (tertiary/aromatic N) is 6. The largest absolute Gasteiger partial charge is 0.434 e. The summed E-state index contributed by atoms with van der Waals surface area (Å²) in [6.45, 7) is 1.56. The Bertz CT molecular complexity index is 956. The molecule has 0 atom stereocenters. The smallest absolute Gasteiger partial charge is 0.320 e. The second kappa shape index (κ2) is 6.67. The van der Waals surface area contributed by atoms with Crippen molar-refractivity contribution in [1.29, 1.82) is 0 Å². The molecule has 0 saturated heterocycles. The highest BCUT2D eigenvalue weighted by molar-refractivity contribution is 6.29. The van der Waals surface area contributed by atoms with Crippen LogP contribution >= 0.6 is 11.6 Å². The van der Waals surface area contributed by atoms with Crippen LogP contribution in [-0.4, -0.2) is 36.1 Å². The Labute approximate surface area is 149 Å². The molecular weight excluding hydrogens is 375 g/mol. The molecule has 0 aliphatic carbocycles. The molecule has 0 spiro atoms. The molecule has 3 aromatic rings. The third-order valence-electron chi connectivity index (χ3n) is 3.27. The van der Waals surface area contributed by atoms with Gasteiger partial charge < -0.3 is 5.32 Å². The third kappa shape index (κ3) is 3.47. The minimum absolute atomic E-state index is 0.00749. The van der Waals surface area contributed by atoms with E-state index in [9.17, 15) is 18.0 Å². The van der Waals surface area contributed by atoms with E-state index in [0.29, 0.717) is 10.4 Å². The maximum atomic E-state index is 13.5. The molecule has 0 radical (unpaired) electrons. The predicted molar refractivity (Wildman–Crippen MR) is 83.9 cm³/mol. The first-order valence-electron chi connectivity index (χ1n) is 7.02. The van der Waals surface area contributed by atoms with Crippen LogP contribution in [0.25, 0.3) is 5.82 Å². The van der Waals surface area contributed by atoms with E-state index in [1.54, 1.807) is 6.92 Å². The fraction of sp³-hybridized carbons (Fsp3) is 0.143. The number of alkyl halides is 3. The average Bonchev–Trinajstić information content (AvgIpc) is 3.03. The van der Waals surface area contributed by atoms with Gasteiger partial charge in [-0.1, -0.05) is 11.6 Å². The van der Waals surface area contributed by atoms with Crippen molar-refractivity contribution in [2.75, 3.05) is 5.32 Å². The monoisotopic (exact) mass is 383 g/mol. The number of halogens is 4. The maximum absolute atomic E-state index is 13.5. The number of anilines is 1. The van der Waals surface area contributed by atoms with Crippen LogP contribution in [0.15, 0.2) is 30.6 Å². The van der Waals surface area contributed by atoms with Gasteiger partial charge >= 0.3 is 6.18 Å². The standard InChI is InChI=1S/C14H9ClF3N7O/c1-7-9(4-5-19-22-7)21-13(26)8-6-20-25(12(8)14(16,17)18)11-3-2-10(15)23-24-11/h2-6H,1H3,(H,19,21,26). The normalized spacial score (nSPS) is 11.4. The quantitative estimate of drug-likeness (QED) is 0.746. The topological polar surface area (TPSA) is 98.5 Å². The van der Waals surface area contributed by atoms with Gasteiger partial charge in [-0.05, 0) is 25.1 Å². The fourth-order valence-corrected chi connectivity index (χ4v) is 2.21. The number of carbonyl (C=O) groups excluding carboxylic acids is 1. The zero-order valence-electron chi connectivity index (χ0n) is 13.0. The van der Waals surface area contributed by atoms with E-state index in [1.807, 2.05) is 0 Å². The zero-order valence-corrected chi connectivity index (χ0v) is 13.7. The molecule has 0 aliphatic rings. The molecule has 0 saturated carbocycles. The first kappa shape index (κ1) is 17.7. The van der Waals surface area contributed by atoms with Crippen molar-refractivity contribution in [1.82, 2.24) is 30.2 Å². The Morgan fingerprint density at radius 1 is 1.19 bits per heavy atom. The number of hydrogen-bond donors (Lipinski definition) is 1. The summed E-state index contributed by atoms with van der Waals surface area (Å²) >= 11 is 5.59. The molecule has 8 nitrogen and oxygen atoms in total. The minimum Gasteiger partial charge on any atom is -0.320 e. The summed E-state index contributed by atoms with van der Waals surface area (Å²) in [5, 5.41) is 20.4. The van der Waals surface area contributed by atoms with Gasteiger partial charge in [0.15, 0.2) is 16.7 Å². The van der Waals surface area contributed by atoms with Gasteiger partial charge in [0, 0.05) is 0 Å². The van der Waals surface area contributed by atoms with Gasteiger partial charge in [0.25, 0.3) is 5.91 Å². The van der Waals surface area contributed by atoms with Crippen molar-refractivity contribution in [3.63, 3.8) is 0 Å². The van der Waals surface area contributed by atoms with Crippen molar-refractivity contribution in [2.24, 2.45) is 0 Å². The molecule has 0 bridgehead atoms. The molecule has 0 aliphatic heterocycles. The summed E-state index contributed by atoms with van der Waals surface area (Å²) in [6.07, 6.45) is -2.76. The molecule has 3 rings (SSSR count). The van der Waals surface area contributed by atoms with E-state index < -0.39 is 23.3 Å². The first-order chi connectivity index (χ1) is 12.3. The molecule has 0 fully saturated rings. The Kier molecular flexibility index (Phi) is 4.55. The van der Waals surface area contributed by atoms with Gasteiger partial charge in [0.2, 0.25) is 0 Å². The molecular formula is C14H9ClF3N7O. The number of aromatic nitrogens is 6. The zero-order chi connectivity index (χ0) is 18.9. The van der Waals surface area contributed by atoms with Crippen LogP contribution in [0.3, 0.4) is 0 Å². The number of hydrogen-bond acceptors (Lipinski definition) is 6. The molecule has 26 heavy (non-hydrogen) atoms. The molecule has 1 amide bonds. The highest BCUT2D eigenvalue weighted by Gasteiger charge is 2.41. The highest BCUT2D eigenvalue weighted by atomic mass is 35.5. The molecule has 3 aromatic heterocycles. The van der Waals surface area contributed by atoms with Crippen LogP contribution in [0.5, 0.6) is 0 Å². The molecule has 0 aromatic carbocycles. The summed E-state index contributed by atoms with van der Waals surface area (Å²) in [5.41, 5.74) is -1.38. The minimum atomic E-state index is -4.87. The van der Waals surface area contributed by atoms with Crippen molar-refractivity contribution < 1.29 is 18.0 Å². The molecule has 0 unspecified atom stereocenters. The Morgan fingerprint density at radius 2 is 1.96 bits per heavy atom. The van der Waals surface area contributed by atoms with Gasteiger partial charge in [-0.15, -0.1) is 10.2 Å². The first-order valence-corrected chi connectivity index (χ1v) is 7.39. The van der Waals surface area contributed by atoms with Crippen molar-refractivity contribution >= 4 is 23.2 Å². The van der Waals surface area contributed by atoms with Gasteiger partial charge in [-0.25, -0.2) is 4.68 Å². The molecule has 1 N–H and O–H groups in total. The van der Waals surface area contributed by atoms with E-state index in [0.717, 1.165) is 6.20 Å². The lowest BCUT2D eigenvalue weighted by Crippen LogP contribution is -2.21. The summed E-state index contributed by atoms with van der Waals surface area (Å²) < 4.78 is 41.1. The van der Waals surface area contributed by atoms with Gasteiger partial charge in [0.05, 0.1) is 29.3 Å². The third-order valence-corrected chi connectivity index (χ3v) is 3.47. The van der Waals surface area contributed by atoms with E-state index in [2.05, 4.69) is 30.8 Å². The van der Waals surface area contributed by atoms with E-state index in [4.69, 9.17) is 11.6 Å². The number of aryl methyl sites for hydroxylation is 1. The van der Waals surface area contributed by atoms with Gasteiger partial charge in [-0.3, -0.25) is 4.79 Å². The lowest BCUT2D eigenvalue weighted by molar-refractivity contribution is -0.143. The van der Waals surface area contributed by atoms with E-state index in [1.165, 1.54) is 24.4 Å².